The molecule has 0 aromatic carbocycles. The van der Waals surface area contributed by atoms with Crippen LogP contribution in [0.15, 0.2) is 18.7 Å². The normalized spacial score (nSPS) is 30.4. The van der Waals surface area contributed by atoms with Crippen LogP contribution in [0.5, 0.6) is 0 Å². The highest BCUT2D eigenvalue weighted by atomic mass is 15.3. The molecule has 0 spiro atoms. The number of hydrogen-bond acceptors (Lipinski definition) is 4. The molecule has 0 N–H and O–H groups in total. The molecular formula is C12H18N4. The van der Waals surface area contributed by atoms with Gasteiger partial charge in [0.25, 0.3) is 0 Å². The van der Waals surface area contributed by atoms with E-state index in [0.29, 0.717) is 6.04 Å². The summed E-state index contributed by atoms with van der Waals surface area (Å²) in [5.74, 6) is 0. The van der Waals surface area contributed by atoms with E-state index < -0.39 is 0 Å². The highest BCUT2D eigenvalue weighted by Crippen LogP contribution is 2.30. The van der Waals surface area contributed by atoms with Crippen molar-refractivity contribution >= 4 is 5.69 Å². The number of aromatic nitrogens is 2. The van der Waals surface area contributed by atoms with E-state index in [1.807, 2.05) is 12.4 Å². The monoisotopic (exact) mass is 218 g/mol. The Morgan fingerprint density at radius 2 is 1.88 bits per heavy atom. The lowest BCUT2D eigenvalue weighted by Gasteiger charge is -2.26. The lowest BCUT2D eigenvalue weighted by atomic mass is 10.1. The van der Waals surface area contributed by atoms with Crippen LogP contribution in [0.2, 0.25) is 0 Å². The Hall–Kier alpha value is -1.16. The van der Waals surface area contributed by atoms with Gasteiger partial charge in [0.2, 0.25) is 0 Å². The predicted octanol–water partition coefficient (Wildman–Crippen LogP) is 1.15. The molecule has 0 amide bonds. The summed E-state index contributed by atoms with van der Waals surface area (Å²) in [6.07, 6.45) is 9.42. The number of likely N-dealkylation sites (N-methyl/N-ethyl adjacent to an activating group) is 1. The van der Waals surface area contributed by atoms with Gasteiger partial charge in [-0.25, -0.2) is 9.97 Å². The van der Waals surface area contributed by atoms with E-state index in [-0.39, 0.29) is 0 Å². The topological polar surface area (TPSA) is 32.3 Å². The first-order chi connectivity index (χ1) is 7.84. The van der Waals surface area contributed by atoms with Crippen molar-refractivity contribution < 1.29 is 0 Å². The second-order valence-corrected chi connectivity index (χ2v) is 4.88. The van der Waals surface area contributed by atoms with E-state index in [9.17, 15) is 0 Å². The Morgan fingerprint density at radius 3 is 2.69 bits per heavy atom. The highest BCUT2D eigenvalue weighted by molar-refractivity contribution is 5.42. The fraction of sp³-hybridized carbons (Fsp3) is 0.667. The van der Waals surface area contributed by atoms with Gasteiger partial charge in [-0.1, -0.05) is 0 Å². The van der Waals surface area contributed by atoms with Crippen LogP contribution in [-0.2, 0) is 0 Å². The second kappa shape index (κ2) is 4.01. The van der Waals surface area contributed by atoms with Gasteiger partial charge in [-0.3, -0.25) is 4.90 Å². The third kappa shape index (κ3) is 1.67. The molecule has 0 unspecified atom stereocenters. The van der Waals surface area contributed by atoms with E-state index in [2.05, 4.69) is 26.8 Å². The summed E-state index contributed by atoms with van der Waals surface area (Å²) in [7, 11) is 2.27. The van der Waals surface area contributed by atoms with Gasteiger partial charge in [0.15, 0.2) is 0 Å². The Labute approximate surface area is 96.3 Å². The van der Waals surface area contributed by atoms with Gasteiger partial charge in [0.05, 0.1) is 18.1 Å². The SMILES string of the molecule is CN1[C@H]2CC[C@@H]1CN(c1cncnc1)CC2. The molecule has 0 aliphatic carbocycles. The minimum Gasteiger partial charge on any atom is -0.367 e. The van der Waals surface area contributed by atoms with Gasteiger partial charge in [-0.15, -0.1) is 0 Å². The second-order valence-electron chi connectivity index (χ2n) is 4.88. The largest absolute Gasteiger partial charge is 0.367 e. The van der Waals surface area contributed by atoms with Gasteiger partial charge in [-0.05, 0) is 26.3 Å². The lowest BCUT2D eigenvalue weighted by Crippen LogP contribution is -2.36. The van der Waals surface area contributed by atoms with Crippen molar-refractivity contribution in [3.8, 4) is 0 Å². The fourth-order valence-corrected chi connectivity index (χ4v) is 3.00. The quantitative estimate of drug-likeness (QED) is 0.708. The summed E-state index contributed by atoms with van der Waals surface area (Å²) in [6, 6.07) is 1.51. The zero-order valence-corrected chi connectivity index (χ0v) is 9.71. The maximum Gasteiger partial charge on any atom is 0.115 e. The molecule has 0 saturated carbocycles. The van der Waals surface area contributed by atoms with Crippen molar-refractivity contribution in [2.45, 2.75) is 31.3 Å². The summed E-state index contributed by atoms with van der Waals surface area (Å²) < 4.78 is 0. The summed E-state index contributed by atoms with van der Waals surface area (Å²) in [5.41, 5.74) is 1.17. The average molecular weight is 218 g/mol. The molecule has 16 heavy (non-hydrogen) atoms. The molecular weight excluding hydrogens is 200 g/mol. The molecule has 3 rings (SSSR count). The molecule has 4 heteroatoms. The third-order valence-corrected chi connectivity index (χ3v) is 4.06. The molecule has 2 fully saturated rings. The lowest BCUT2D eigenvalue weighted by molar-refractivity contribution is 0.254. The summed E-state index contributed by atoms with van der Waals surface area (Å²) in [5, 5.41) is 0. The van der Waals surface area contributed by atoms with Gasteiger partial charge < -0.3 is 4.90 Å². The van der Waals surface area contributed by atoms with Crippen LogP contribution < -0.4 is 4.90 Å². The number of nitrogens with zero attached hydrogens (tertiary/aromatic N) is 4. The van der Waals surface area contributed by atoms with Gasteiger partial charge in [0.1, 0.15) is 6.33 Å². The molecule has 2 saturated heterocycles. The first-order valence-electron chi connectivity index (χ1n) is 6.06. The molecule has 1 aromatic rings. The van der Waals surface area contributed by atoms with Gasteiger partial charge >= 0.3 is 0 Å². The van der Waals surface area contributed by atoms with Crippen LogP contribution in [0, 0.1) is 0 Å². The maximum atomic E-state index is 4.11. The van der Waals surface area contributed by atoms with Crippen molar-refractivity contribution in [1.82, 2.24) is 14.9 Å². The molecule has 2 aliphatic heterocycles. The van der Waals surface area contributed by atoms with Crippen LogP contribution >= 0.6 is 0 Å². The van der Waals surface area contributed by atoms with E-state index in [4.69, 9.17) is 0 Å². The number of rotatable bonds is 1. The molecule has 0 radical (unpaired) electrons. The minimum absolute atomic E-state index is 0.715. The Bertz CT molecular complexity index is 353. The van der Waals surface area contributed by atoms with Crippen LogP contribution in [0.1, 0.15) is 19.3 Å². The van der Waals surface area contributed by atoms with Crippen molar-refractivity contribution in [1.29, 1.82) is 0 Å². The van der Waals surface area contributed by atoms with Crippen molar-refractivity contribution in [3.05, 3.63) is 18.7 Å². The molecule has 2 atom stereocenters. The van der Waals surface area contributed by atoms with Crippen LogP contribution in [0.4, 0.5) is 5.69 Å². The zero-order valence-electron chi connectivity index (χ0n) is 9.71. The first-order valence-corrected chi connectivity index (χ1v) is 6.06. The molecule has 2 aliphatic rings. The zero-order chi connectivity index (χ0) is 11.0. The number of hydrogen-bond donors (Lipinski definition) is 0. The molecule has 1 aromatic heterocycles. The number of fused-ring (bicyclic) bond motifs is 2. The average Bonchev–Trinajstić information content (AvgIpc) is 2.54. The minimum atomic E-state index is 0.715. The van der Waals surface area contributed by atoms with Crippen LogP contribution in [-0.4, -0.2) is 47.1 Å². The summed E-state index contributed by atoms with van der Waals surface area (Å²) in [4.78, 5) is 13.2. The van der Waals surface area contributed by atoms with E-state index in [1.165, 1.54) is 24.9 Å². The molecule has 86 valence electrons. The van der Waals surface area contributed by atoms with E-state index >= 15 is 0 Å². The van der Waals surface area contributed by atoms with Gasteiger partial charge in [-0.2, -0.15) is 0 Å². The fourth-order valence-electron chi connectivity index (χ4n) is 3.00. The van der Waals surface area contributed by atoms with Gasteiger partial charge in [0, 0.05) is 25.2 Å². The van der Waals surface area contributed by atoms with E-state index in [1.54, 1.807) is 6.33 Å². The summed E-state index contributed by atoms with van der Waals surface area (Å²) >= 11 is 0. The van der Waals surface area contributed by atoms with Crippen molar-refractivity contribution in [2.24, 2.45) is 0 Å². The first kappa shape index (κ1) is 10.0. The maximum absolute atomic E-state index is 4.11. The molecule has 4 nitrogen and oxygen atoms in total. The van der Waals surface area contributed by atoms with E-state index in [0.717, 1.165) is 19.1 Å². The van der Waals surface area contributed by atoms with Crippen LogP contribution in [0.25, 0.3) is 0 Å². The Morgan fingerprint density at radius 1 is 1.12 bits per heavy atom. The number of anilines is 1. The van der Waals surface area contributed by atoms with Crippen molar-refractivity contribution in [2.75, 3.05) is 25.0 Å². The molecule has 2 bridgehead atoms. The highest BCUT2D eigenvalue weighted by Gasteiger charge is 2.34. The standard InChI is InChI=1S/C12H18N4/c1-15-10-2-3-11(15)8-16(5-4-10)12-6-13-9-14-7-12/h6-7,9-11H,2-5,8H2,1H3/t10-,11+/m0/s1. The predicted molar refractivity (Wildman–Crippen MR) is 63.4 cm³/mol. The Kier molecular flexibility index (Phi) is 2.52. The smallest absolute Gasteiger partial charge is 0.115 e. The van der Waals surface area contributed by atoms with Crippen molar-refractivity contribution in [3.63, 3.8) is 0 Å². The summed E-state index contributed by atoms with van der Waals surface area (Å²) in [6.45, 7) is 2.26. The molecule has 3 heterocycles. The Balaban J connectivity index is 1.79. The third-order valence-electron chi connectivity index (χ3n) is 4.06. The van der Waals surface area contributed by atoms with Crippen LogP contribution in [0.3, 0.4) is 0 Å².